The molecule has 0 bridgehead atoms. The standard InChI is InChI=1S/C8H7N3O2.Li/c1-5-2-9-7-6(8(12)13)10-4-11(7)3-5;/h2-4H,1H3,(H,12,13);. The zero-order valence-corrected chi connectivity index (χ0v) is 7.93. The van der Waals surface area contributed by atoms with Gasteiger partial charge in [0.1, 0.15) is 6.33 Å². The second kappa shape index (κ2) is 3.82. The van der Waals surface area contributed by atoms with E-state index in [2.05, 4.69) is 9.97 Å². The summed E-state index contributed by atoms with van der Waals surface area (Å²) in [5, 5.41) is 8.73. The summed E-state index contributed by atoms with van der Waals surface area (Å²) in [6.45, 7) is 1.88. The molecule has 6 heteroatoms. The van der Waals surface area contributed by atoms with Crippen molar-refractivity contribution < 1.29 is 9.90 Å². The number of aromatic carboxylic acids is 1. The van der Waals surface area contributed by atoms with Crippen LogP contribution in [0.2, 0.25) is 0 Å². The van der Waals surface area contributed by atoms with Gasteiger partial charge in [0.05, 0.1) is 0 Å². The van der Waals surface area contributed by atoms with E-state index in [1.807, 2.05) is 6.92 Å². The van der Waals surface area contributed by atoms with Crippen molar-refractivity contribution >= 4 is 30.5 Å². The maximum Gasteiger partial charge on any atom is 0.358 e. The minimum atomic E-state index is -1.06. The summed E-state index contributed by atoms with van der Waals surface area (Å²) in [6.07, 6.45) is 4.84. The van der Waals surface area contributed by atoms with Gasteiger partial charge in [0.25, 0.3) is 0 Å². The molecule has 0 saturated heterocycles. The summed E-state index contributed by atoms with van der Waals surface area (Å²) < 4.78 is 1.60. The second-order valence-corrected chi connectivity index (χ2v) is 2.76. The molecule has 0 aliphatic rings. The van der Waals surface area contributed by atoms with Crippen LogP contribution < -0.4 is 0 Å². The third-order valence-corrected chi connectivity index (χ3v) is 1.70. The van der Waals surface area contributed by atoms with E-state index in [0.29, 0.717) is 5.65 Å². The zero-order valence-electron chi connectivity index (χ0n) is 7.93. The third-order valence-electron chi connectivity index (χ3n) is 1.70. The van der Waals surface area contributed by atoms with Crippen molar-refractivity contribution in [2.45, 2.75) is 6.92 Å². The molecule has 1 N–H and O–H groups in total. The van der Waals surface area contributed by atoms with Gasteiger partial charge in [0.15, 0.2) is 11.3 Å². The number of rotatable bonds is 1. The van der Waals surface area contributed by atoms with Gasteiger partial charge in [0.2, 0.25) is 0 Å². The number of aromatic nitrogens is 3. The van der Waals surface area contributed by atoms with E-state index in [0.717, 1.165) is 5.56 Å². The first-order chi connectivity index (χ1) is 6.18. The molecule has 14 heavy (non-hydrogen) atoms. The molecule has 0 atom stereocenters. The number of imidazole rings is 1. The summed E-state index contributed by atoms with van der Waals surface area (Å²) >= 11 is 0. The van der Waals surface area contributed by atoms with Gasteiger partial charge in [-0.25, -0.2) is 14.8 Å². The maximum absolute atomic E-state index is 10.6. The molecular weight excluding hydrogens is 177 g/mol. The fourth-order valence-electron chi connectivity index (χ4n) is 1.14. The van der Waals surface area contributed by atoms with Crippen LogP contribution in [0, 0.1) is 6.92 Å². The third kappa shape index (κ3) is 1.65. The Morgan fingerprint density at radius 3 is 2.86 bits per heavy atom. The number of carbonyl (C=O) groups is 1. The Labute approximate surface area is 92.0 Å². The van der Waals surface area contributed by atoms with Crippen molar-refractivity contribution in [3.63, 3.8) is 0 Å². The minimum absolute atomic E-state index is 0. The molecular formula is C8H7LiN3O2. The molecule has 2 aromatic heterocycles. The molecule has 2 rings (SSSR count). The molecule has 0 saturated carbocycles. The van der Waals surface area contributed by atoms with Crippen molar-refractivity contribution in [1.29, 1.82) is 0 Å². The van der Waals surface area contributed by atoms with Crippen LogP contribution in [-0.2, 0) is 0 Å². The van der Waals surface area contributed by atoms with Crippen LogP contribution in [0.3, 0.4) is 0 Å². The molecule has 0 aromatic carbocycles. The van der Waals surface area contributed by atoms with Gasteiger partial charge < -0.3 is 5.11 Å². The minimum Gasteiger partial charge on any atom is -0.476 e. The number of nitrogens with zero attached hydrogens (tertiary/aromatic N) is 3. The van der Waals surface area contributed by atoms with Crippen molar-refractivity contribution in [1.82, 2.24) is 14.4 Å². The first kappa shape index (κ1) is 10.8. The van der Waals surface area contributed by atoms with Crippen molar-refractivity contribution in [2.75, 3.05) is 0 Å². The SMILES string of the molecule is Cc1cnc2c(C(=O)O)ncn2c1.[Li]. The normalized spacial score (nSPS) is 9.79. The topological polar surface area (TPSA) is 67.5 Å². The van der Waals surface area contributed by atoms with E-state index in [1.54, 1.807) is 16.8 Å². The predicted octanol–water partition coefficient (Wildman–Crippen LogP) is 0.355. The molecule has 67 valence electrons. The Bertz CT molecular complexity index is 480. The Morgan fingerprint density at radius 2 is 2.21 bits per heavy atom. The molecule has 2 aromatic rings. The maximum atomic E-state index is 10.6. The van der Waals surface area contributed by atoms with Gasteiger partial charge in [-0.2, -0.15) is 0 Å². The molecule has 0 aliphatic heterocycles. The summed E-state index contributed by atoms with van der Waals surface area (Å²) in [5.41, 5.74) is 1.32. The molecule has 5 nitrogen and oxygen atoms in total. The molecule has 0 amide bonds. The monoisotopic (exact) mass is 184 g/mol. The first-order valence-electron chi connectivity index (χ1n) is 3.71. The van der Waals surface area contributed by atoms with Crippen molar-refractivity contribution in [2.24, 2.45) is 0 Å². The smallest absolute Gasteiger partial charge is 0.358 e. The van der Waals surface area contributed by atoms with E-state index in [9.17, 15) is 4.79 Å². The number of carboxylic acid groups (broad SMARTS) is 1. The van der Waals surface area contributed by atoms with Crippen LogP contribution in [-0.4, -0.2) is 44.3 Å². The Balaban J connectivity index is 0.000000980. The number of aryl methyl sites for hydroxylation is 1. The Hall–Kier alpha value is -1.31. The average molecular weight is 184 g/mol. The van der Waals surface area contributed by atoms with E-state index in [4.69, 9.17) is 5.11 Å². The van der Waals surface area contributed by atoms with Crippen LogP contribution in [0.4, 0.5) is 0 Å². The Morgan fingerprint density at radius 1 is 1.50 bits per heavy atom. The quantitative estimate of drug-likeness (QED) is 0.649. The fourth-order valence-corrected chi connectivity index (χ4v) is 1.14. The van der Waals surface area contributed by atoms with Crippen LogP contribution in [0.1, 0.15) is 16.1 Å². The van der Waals surface area contributed by atoms with Crippen molar-refractivity contribution in [3.8, 4) is 0 Å². The van der Waals surface area contributed by atoms with Gasteiger partial charge >= 0.3 is 5.97 Å². The van der Waals surface area contributed by atoms with Crippen LogP contribution >= 0.6 is 0 Å². The average Bonchev–Trinajstić information content (AvgIpc) is 2.46. The van der Waals surface area contributed by atoms with Gasteiger partial charge in [-0.15, -0.1) is 0 Å². The number of carboxylic acids is 1. The van der Waals surface area contributed by atoms with Crippen molar-refractivity contribution in [3.05, 3.63) is 30.0 Å². The fraction of sp³-hybridized carbons (Fsp3) is 0.125. The van der Waals surface area contributed by atoms with Gasteiger partial charge in [0, 0.05) is 31.3 Å². The predicted molar refractivity (Wildman–Crippen MR) is 50.4 cm³/mol. The van der Waals surface area contributed by atoms with E-state index in [-0.39, 0.29) is 24.6 Å². The largest absolute Gasteiger partial charge is 0.476 e. The summed E-state index contributed by atoms with van der Waals surface area (Å²) in [5.74, 6) is -1.06. The summed E-state index contributed by atoms with van der Waals surface area (Å²) in [4.78, 5) is 18.4. The summed E-state index contributed by atoms with van der Waals surface area (Å²) in [7, 11) is 0. The van der Waals surface area contributed by atoms with Crippen LogP contribution in [0.5, 0.6) is 0 Å². The second-order valence-electron chi connectivity index (χ2n) is 2.76. The van der Waals surface area contributed by atoms with Gasteiger partial charge in [-0.1, -0.05) is 0 Å². The number of hydrogen-bond donors (Lipinski definition) is 1. The molecule has 0 aliphatic carbocycles. The summed E-state index contributed by atoms with van der Waals surface area (Å²) in [6, 6.07) is 0. The van der Waals surface area contributed by atoms with E-state index < -0.39 is 5.97 Å². The molecule has 1 radical (unpaired) electrons. The number of hydrogen-bond acceptors (Lipinski definition) is 3. The Kier molecular flexibility index (Phi) is 2.94. The van der Waals surface area contributed by atoms with Gasteiger partial charge in [-0.3, -0.25) is 4.40 Å². The number of fused-ring (bicyclic) bond motifs is 1. The van der Waals surface area contributed by atoms with Crippen LogP contribution in [0.15, 0.2) is 18.7 Å². The van der Waals surface area contributed by atoms with E-state index >= 15 is 0 Å². The van der Waals surface area contributed by atoms with Gasteiger partial charge in [-0.05, 0) is 12.5 Å². The molecule has 2 heterocycles. The molecule has 0 spiro atoms. The van der Waals surface area contributed by atoms with E-state index in [1.165, 1.54) is 6.33 Å². The first-order valence-corrected chi connectivity index (χ1v) is 3.71. The van der Waals surface area contributed by atoms with Crippen LogP contribution in [0.25, 0.3) is 5.65 Å². The molecule has 0 unspecified atom stereocenters. The molecule has 0 fully saturated rings. The zero-order chi connectivity index (χ0) is 9.42.